The van der Waals surface area contributed by atoms with Crippen LogP contribution in [0.2, 0.25) is 0 Å². The van der Waals surface area contributed by atoms with Crippen molar-refractivity contribution in [2.24, 2.45) is 0 Å². The van der Waals surface area contributed by atoms with Crippen LogP contribution in [0.5, 0.6) is 0 Å². The molecule has 0 saturated heterocycles. The van der Waals surface area contributed by atoms with Gasteiger partial charge in [0.25, 0.3) is 0 Å². The molecule has 2 N–H and O–H groups in total. The van der Waals surface area contributed by atoms with Crippen LogP contribution in [0.25, 0.3) is 0 Å². The fourth-order valence-electron chi connectivity index (χ4n) is 1.53. The van der Waals surface area contributed by atoms with Gasteiger partial charge in [-0.2, -0.15) is 11.3 Å². The molecule has 0 spiro atoms. The van der Waals surface area contributed by atoms with Crippen LogP contribution in [-0.2, 0) is 16.6 Å². The van der Waals surface area contributed by atoms with E-state index in [9.17, 15) is 4.21 Å². The van der Waals surface area contributed by atoms with Crippen molar-refractivity contribution in [3.05, 3.63) is 46.2 Å². The summed E-state index contributed by atoms with van der Waals surface area (Å²) in [7, 11) is -0.982. The number of aryl methyl sites for hydroxylation is 1. The van der Waals surface area contributed by atoms with Crippen LogP contribution in [0.15, 0.2) is 39.9 Å². The zero-order valence-corrected chi connectivity index (χ0v) is 10.6. The Bertz CT molecular complexity index is 506. The van der Waals surface area contributed by atoms with Gasteiger partial charge < -0.3 is 5.73 Å². The Morgan fingerprint density at radius 2 is 2.19 bits per heavy atom. The third-order valence-corrected chi connectivity index (χ3v) is 4.60. The first-order valence-corrected chi connectivity index (χ1v) is 7.18. The number of anilines is 1. The Balaban J connectivity index is 2.21. The number of thiophene rings is 1. The summed E-state index contributed by atoms with van der Waals surface area (Å²) in [5.41, 5.74) is 8.50. The summed E-state index contributed by atoms with van der Waals surface area (Å²) in [4.78, 5) is 0.875. The molecule has 0 saturated carbocycles. The van der Waals surface area contributed by atoms with E-state index < -0.39 is 10.8 Å². The van der Waals surface area contributed by atoms with Crippen molar-refractivity contribution in [3.63, 3.8) is 0 Å². The largest absolute Gasteiger partial charge is 0.399 e. The molecule has 2 nitrogen and oxygen atoms in total. The first kappa shape index (κ1) is 11.4. The maximum atomic E-state index is 12.1. The van der Waals surface area contributed by atoms with Gasteiger partial charge in [0.1, 0.15) is 0 Å². The van der Waals surface area contributed by atoms with Crippen molar-refractivity contribution in [2.45, 2.75) is 17.6 Å². The monoisotopic (exact) mass is 251 g/mol. The normalized spacial score (nSPS) is 12.6. The van der Waals surface area contributed by atoms with Gasteiger partial charge in [0, 0.05) is 10.6 Å². The Kier molecular flexibility index (Phi) is 3.41. The van der Waals surface area contributed by atoms with Crippen LogP contribution in [0, 0.1) is 6.92 Å². The van der Waals surface area contributed by atoms with E-state index in [1.54, 1.807) is 17.4 Å². The van der Waals surface area contributed by atoms with E-state index in [0.29, 0.717) is 11.4 Å². The number of hydrogen-bond donors (Lipinski definition) is 1. The van der Waals surface area contributed by atoms with Crippen LogP contribution in [0.1, 0.15) is 11.1 Å². The van der Waals surface area contributed by atoms with E-state index in [4.69, 9.17) is 5.73 Å². The van der Waals surface area contributed by atoms with Crippen molar-refractivity contribution in [1.82, 2.24) is 0 Å². The SMILES string of the molecule is Cc1cc(N)ccc1S(=O)Cc1ccsc1. The molecule has 1 aromatic carbocycles. The van der Waals surface area contributed by atoms with Gasteiger partial charge in [-0.3, -0.25) is 4.21 Å². The predicted octanol–water partition coefficient (Wildman–Crippen LogP) is 2.95. The van der Waals surface area contributed by atoms with E-state index >= 15 is 0 Å². The molecule has 0 aliphatic rings. The van der Waals surface area contributed by atoms with E-state index in [-0.39, 0.29) is 0 Å². The van der Waals surface area contributed by atoms with Gasteiger partial charge in [-0.25, -0.2) is 0 Å². The minimum Gasteiger partial charge on any atom is -0.399 e. The molecule has 0 amide bonds. The van der Waals surface area contributed by atoms with Gasteiger partial charge >= 0.3 is 0 Å². The molecule has 0 radical (unpaired) electrons. The smallest absolute Gasteiger partial charge is 0.0577 e. The minimum absolute atomic E-state index is 0.578. The summed E-state index contributed by atoms with van der Waals surface area (Å²) in [6, 6.07) is 7.52. The van der Waals surface area contributed by atoms with Crippen LogP contribution in [0.4, 0.5) is 5.69 Å². The molecule has 1 unspecified atom stereocenters. The van der Waals surface area contributed by atoms with Gasteiger partial charge in [0.05, 0.1) is 16.6 Å². The summed E-state index contributed by atoms with van der Waals surface area (Å²) in [6.07, 6.45) is 0. The molecule has 0 aliphatic carbocycles. The number of nitrogen functional groups attached to an aromatic ring is 1. The van der Waals surface area contributed by atoms with Crippen molar-refractivity contribution < 1.29 is 4.21 Å². The quantitative estimate of drug-likeness (QED) is 0.852. The number of nitrogens with two attached hydrogens (primary N) is 1. The Labute approximate surface area is 102 Å². The Morgan fingerprint density at radius 1 is 1.38 bits per heavy atom. The van der Waals surface area contributed by atoms with Crippen molar-refractivity contribution in [3.8, 4) is 0 Å². The lowest BCUT2D eigenvalue weighted by atomic mass is 10.2. The topological polar surface area (TPSA) is 43.1 Å². The molecule has 0 aliphatic heterocycles. The standard InChI is InChI=1S/C12H13NOS2/c1-9-6-11(13)2-3-12(9)16(14)8-10-4-5-15-7-10/h2-7H,8,13H2,1H3. The summed E-state index contributed by atoms with van der Waals surface area (Å²) >= 11 is 1.63. The lowest BCUT2D eigenvalue weighted by molar-refractivity contribution is 0.682. The van der Waals surface area contributed by atoms with Crippen molar-refractivity contribution in [1.29, 1.82) is 0 Å². The number of benzene rings is 1. The van der Waals surface area contributed by atoms with Crippen molar-refractivity contribution in [2.75, 3.05) is 5.73 Å². The zero-order chi connectivity index (χ0) is 11.5. The zero-order valence-electron chi connectivity index (χ0n) is 8.97. The van der Waals surface area contributed by atoms with E-state index in [2.05, 4.69) is 0 Å². The van der Waals surface area contributed by atoms with Crippen LogP contribution in [-0.4, -0.2) is 4.21 Å². The van der Waals surface area contributed by atoms with Crippen LogP contribution >= 0.6 is 11.3 Å². The summed E-state index contributed by atoms with van der Waals surface area (Å²) in [5.74, 6) is 0.578. The molecule has 16 heavy (non-hydrogen) atoms. The first-order chi connectivity index (χ1) is 7.66. The van der Waals surface area contributed by atoms with E-state index in [1.807, 2.05) is 35.9 Å². The molecule has 2 rings (SSSR count). The molecule has 1 heterocycles. The van der Waals surface area contributed by atoms with Crippen LogP contribution in [0.3, 0.4) is 0 Å². The van der Waals surface area contributed by atoms with Crippen molar-refractivity contribution >= 4 is 27.8 Å². The molecule has 1 atom stereocenters. The molecular weight excluding hydrogens is 238 g/mol. The molecule has 1 aromatic heterocycles. The number of rotatable bonds is 3. The molecule has 0 bridgehead atoms. The van der Waals surface area contributed by atoms with Gasteiger partial charge in [0.15, 0.2) is 0 Å². The van der Waals surface area contributed by atoms with Gasteiger partial charge in [-0.1, -0.05) is 0 Å². The Morgan fingerprint density at radius 3 is 2.81 bits per heavy atom. The molecule has 0 fully saturated rings. The van der Waals surface area contributed by atoms with E-state index in [0.717, 1.165) is 16.0 Å². The molecule has 2 aromatic rings. The average Bonchev–Trinajstić information content (AvgIpc) is 2.70. The number of hydrogen-bond acceptors (Lipinski definition) is 3. The highest BCUT2D eigenvalue weighted by Gasteiger charge is 2.08. The highest BCUT2D eigenvalue weighted by Crippen LogP contribution is 2.19. The lowest BCUT2D eigenvalue weighted by Crippen LogP contribution is -1.99. The highest BCUT2D eigenvalue weighted by molar-refractivity contribution is 7.84. The molecule has 84 valence electrons. The van der Waals surface area contributed by atoms with Gasteiger partial charge in [-0.05, 0) is 53.1 Å². The van der Waals surface area contributed by atoms with Crippen LogP contribution < -0.4 is 5.73 Å². The van der Waals surface area contributed by atoms with Gasteiger partial charge in [-0.15, -0.1) is 0 Å². The Hall–Kier alpha value is -1.13. The maximum absolute atomic E-state index is 12.1. The molecule has 4 heteroatoms. The second-order valence-electron chi connectivity index (χ2n) is 3.65. The fraction of sp³-hybridized carbons (Fsp3) is 0.167. The molecular formula is C12H13NOS2. The highest BCUT2D eigenvalue weighted by atomic mass is 32.2. The summed E-state index contributed by atoms with van der Waals surface area (Å²) < 4.78 is 12.1. The summed E-state index contributed by atoms with van der Waals surface area (Å²) in [5, 5.41) is 4.03. The second-order valence-corrected chi connectivity index (χ2v) is 5.85. The van der Waals surface area contributed by atoms with E-state index in [1.165, 1.54) is 0 Å². The van der Waals surface area contributed by atoms with Gasteiger partial charge in [0.2, 0.25) is 0 Å². The second kappa shape index (κ2) is 4.80. The average molecular weight is 251 g/mol. The third-order valence-electron chi connectivity index (χ3n) is 2.32. The third kappa shape index (κ3) is 2.51. The predicted molar refractivity (Wildman–Crippen MR) is 70.0 cm³/mol. The summed E-state index contributed by atoms with van der Waals surface area (Å²) in [6.45, 7) is 1.94. The minimum atomic E-state index is -0.982. The maximum Gasteiger partial charge on any atom is 0.0577 e. The fourth-order valence-corrected chi connectivity index (χ4v) is 3.58. The lowest BCUT2D eigenvalue weighted by Gasteiger charge is -2.05. The first-order valence-electron chi connectivity index (χ1n) is 4.92.